The molecule has 2 rings (SSSR count). The molecule has 0 radical (unpaired) electrons. The third-order valence-electron chi connectivity index (χ3n) is 3.97. The summed E-state index contributed by atoms with van der Waals surface area (Å²) in [7, 11) is 0. The van der Waals surface area contributed by atoms with Crippen LogP contribution in [0.2, 0.25) is 0 Å². The molecule has 0 saturated carbocycles. The molecule has 100 valence electrons. The van der Waals surface area contributed by atoms with Gasteiger partial charge >= 0.3 is 0 Å². The van der Waals surface area contributed by atoms with Crippen LogP contribution in [0, 0.1) is 5.92 Å². The highest BCUT2D eigenvalue weighted by molar-refractivity contribution is 5.44. The van der Waals surface area contributed by atoms with Crippen LogP contribution in [0.3, 0.4) is 0 Å². The van der Waals surface area contributed by atoms with E-state index in [1.807, 2.05) is 6.20 Å². The highest BCUT2D eigenvalue weighted by atomic mass is 15.1. The number of hydrogen-bond acceptors (Lipinski definition) is 3. The monoisotopic (exact) mass is 247 g/mol. The molecular formula is C15H25N3. The molecular weight excluding hydrogens is 222 g/mol. The summed E-state index contributed by atoms with van der Waals surface area (Å²) in [6, 6.07) is 4.33. The molecule has 0 amide bonds. The number of pyridine rings is 1. The van der Waals surface area contributed by atoms with Gasteiger partial charge in [-0.15, -0.1) is 0 Å². The average molecular weight is 247 g/mol. The predicted molar refractivity (Wildman–Crippen MR) is 76.7 cm³/mol. The summed E-state index contributed by atoms with van der Waals surface area (Å²) in [5.74, 6) is 0.857. The van der Waals surface area contributed by atoms with Gasteiger partial charge < -0.3 is 10.6 Å². The smallest absolute Gasteiger partial charge is 0.0572 e. The summed E-state index contributed by atoms with van der Waals surface area (Å²) in [5, 5.41) is 0. The maximum atomic E-state index is 5.99. The standard InChI is InChI=1S/C15H25N3/c1-3-14(16)15-7-6-13(11-17-15)18-9-4-5-12(2)8-10-18/h6-7,11-12,14H,3-5,8-10,16H2,1-2H3/t12?,14-/m1/s1. The Bertz CT molecular complexity index is 361. The second-order valence-corrected chi connectivity index (χ2v) is 5.48. The molecule has 1 aromatic heterocycles. The van der Waals surface area contributed by atoms with Crippen molar-refractivity contribution in [1.29, 1.82) is 0 Å². The Morgan fingerprint density at radius 3 is 2.89 bits per heavy atom. The van der Waals surface area contributed by atoms with Gasteiger partial charge in [0.1, 0.15) is 0 Å². The lowest BCUT2D eigenvalue weighted by Crippen LogP contribution is -2.24. The second-order valence-electron chi connectivity index (χ2n) is 5.48. The first-order valence-electron chi connectivity index (χ1n) is 7.17. The van der Waals surface area contributed by atoms with Crippen molar-refractivity contribution in [3.63, 3.8) is 0 Å². The van der Waals surface area contributed by atoms with Crippen molar-refractivity contribution in [2.24, 2.45) is 11.7 Å². The molecule has 18 heavy (non-hydrogen) atoms. The summed E-state index contributed by atoms with van der Waals surface area (Å²) in [4.78, 5) is 6.96. The van der Waals surface area contributed by atoms with Gasteiger partial charge in [-0.1, -0.05) is 13.8 Å². The van der Waals surface area contributed by atoms with Gasteiger partial charge in [-0.2, -0.15) is 0 Å². The molecule has 3 heteroatoms. The van der Waals surface area contributed by atoms with E-state index in [1.54, 1.807) is 0 Å². The van der Waals surface area contributed by atoms with E-state index < -0.39 is 0 Å². The number of anilines is 1. The van der Waals surface area contributed by atoms with E-state index in [2.05, 4.69) is 35.9 Å². The summed E-state index contributed by atoms with van der Waals surface area (Å²) in [6.45, 7) is 6.76. The summed E-state index contributed by atoms with van der Waals surface area (Å²) < 4.78 is 0. The van der Waals surface area contributed by atoms with Crippen molar-refractivity contribution >= 4 is 5.69 Å². The fourth-order valence-electron chi connectivity index (χ4n) is 2.53. The van der Waals surface area contributed by atoms with Crippen LogP contribution in [0.4, 0.5) is 5.69 Å². The first-order chi connectivity index (χ1) is 8.70. The van der Waals surface area contributed by atoms with E-state index in [0.717, 1.165) is 31.1 Å². The fraction of sp³-hybridized carbons (Fsp3) is 0.667. The van der Waals surface area contributed by atoms with Gasteiger partial charge in [0.05, 0.1) is 17.6 Å². The van der Waals surface area contributed by atoms with Gasteiger partial charge in [-0.25, -0.2) is 0 Å². The van der Waals surface area contributed by atoms with Crippen LogP contribution < -0.4 is 10.6 Å². The van der Waals surface area contributed by atoms with Crippen LogP contribution in [-0.4, -0.2) is 18.1 Å². The first-order valence-corrected chi connectivity index (χ1v) is 7.17. The molecule has 0 aromatic carbocycles. The zero-order valence-electron chi connectivity index (χ0n) is 11.6. The van der Waals surface area contributed by atoms with E-state index in [0.29, 0.717) is 0 Å². The molecule has 2 N–H and O–H groups in total. The number of rotatable bonds is 3. The van der Waals surface area contributed by atoms with Crippen LogP contribution in [0.15, 0.2) is 18.3 Å². The van der Waals surface area contributed by atoms with E-state index in [1.165, 1.54) is 24.9 Å². The molecule has 1 aliphatic rings. The number of hydrogen-bond donors (Lipinski definition) is 1. The van der Waals surface area contributed by atoms with Crippen LogP contribution in [-0.2, 0) is 0 Å². The summed E-state index contributed by atoms with van der Waals surface area (Å²) >= 11 is 0. The molecule has 1 aliphatic heterocycles. The van der Waals surface area contributed by atoms with Crippen LogP contribution in [0.25, 0.3) is 0 Å². The van der Waals surface area contributed by atoms with Gasteiger partial charge in [0.25, 0.3) is 0 Å². The third kappa shape index (κ3) is 3.22. The zero-order valence-corrected chi connectivity index (χ0v) is 11.6. The largest absolute Gasteiger partial charge is 0.370 e. The molecule has 3 nitrogen and oxygen atoms in total. The summed E-state index contributed by atoms with van der Waals surface area (Å²) in [5.41, 5.74) is 8.24. The number of aromatic nitrogens is 1. The van der Waals surface area contributed by atoms with Crippen molar-refractivity contribution in [2.75, 3.05) is 18.0 Å². The summed E-state index contributed by atoms with van der Waals surface area (Å²) in [6.07, 6.45) is 6.85. The second kappa shape index (κ2) is 6.19. The SMILES string of the molecule is CC[C@@H](N)c1ccc(N2CCCC(C)CC2)cn1. The molecule has 0 aliphatic carbocycles. The van der Waals surface area contributed by atoms with Crippen molar-refractivity contribution < 1.29 is 0 Å². The van der Waals surface area contributed by atoms with Crippen LogP contribution in [0.1, 0.15) is 51.3 Å². The van der Waals surface area contributed by atoms with E-state index >= 15 is 0 Å². The molecule has 0 bridgehead atoms. The molecule has 1 fully saturated rings. The first kappa shape index (κ1) is 13.3. The normalized spacial score (nSPS) is 22.6. The Morgan fingerprint density at radius 1 is 1.39 bits per heavy atom. The Labute approximate surface area is 110 Å². The lowest BCUT2D eigenvalue weighted by molar-refractivity contribution is 0.521. The van der Waals surface area contributed by atoms with Gasteiger partial charge in [0.2, 0.25) is 0 Å². The minimum atomic E-state index is 0.0724. The lowest BCUT2D eigenvalue weighted by atomic mass is 10.0. The average Bonchev–Trinajstić information content (AvgIpc) is 2.63. The van der Waals surface area contributed by atoms with Crippen molar-refractivity contribution in [1.82, 2.24) is 4.98 Å². The Balaban J connectivity index is 2.04. The highest BCUT2D eigenvalue weighted by Gasteiger charge is 2.14. The number of nitrogens with two attached hydrogens (primary N) is 1. The van der Waals surface area contributed by atoms with Gasteiger partial charge in [0.15, 0.2) is 0 Å². The minimum Gasteiger partial charge on any atom is -0.370 e. The van der Waals surface area contributed by atoms with Gasteiger partial charge in [-0.3, -0.25) is 4.98 Å². The van der Waals surface area contributed by atoms with E-state index in [4.69, 9.17) is 5.73 Å². The maximum absolute atomic E-state index is 5.99. The van der Waals surface area contributed by atoms with Crippen LogP contribution in [0.5, 0.6) is 0 Å². The lowest BCUT2D eigenvalue weighted by Gasteiger charge is -2.22. The Hall–Kier alpha value is -1.09. The Kier molecular flexibility index (Phi) is 4.59. The molecule has 1 saturated heterocycles. The maximum Gasteiger partial charge on any atom is 0.0572 e. The molecule has 1 aromatic rings. The zero-order chi connectivity index (χ0) is 13.0. The van der Waals surface area contributed by atoms with Gasteiger partial charge in [0, 0.05) is 19.1 Å². The molecule has 2 atom stereocenters. The van der Waals surface area contributed by atoms with Crippen molar-refractivity contribution in [3.8, 4) is 0 Å². The van der Waals surface area contributed by atoms with Crippen molar-refractivity contribution in [2.45, 2.75) is 45.6 Å². The topological polar surface area (TPSA) is 42.1 Å². The fourth-order valence-corrected chi connectivity index (χ4v) is 2.53. The molecule has 2 heterocycles. The quantitative estimate of drug-likeness (QED) is 0.892. The van der Waals surface area contributed by atoms with E-state index in [9.17, 15) is 0 Å². The predicted octanol–water partition coefficient (Wildman–Crippen LogP) is 3.12. The molecule has 0 spiro atoms. The third-order valence-corrected chi connectivity index (χ3v) is 3.97. The van der Waals surface area contributed by atoms with E-state index in [-0.39, 0.29) is 6.04 Å². The Morgan fingerprint density at radius 2 is 2.22 bits per heavy atom. The van der Waals surface area contributed by atoms with Gasteiger partial charge in [-0.05, 0) is 43.7 Å². The van der Waals surface area contributed by atoms with Crippen LogP contribution >= 0.6 is 0 Å². The number of nitrogens with zero attached hydrogens (tertiary/aromatic N) is 2. The highest BCUT2D eigenvalue weighted by Crippen LogP contribution is 2.22. The van der Waals surface area contributed by atoms with Crippen molar-refractivity contribution in [3.05, 3.63) is 24.0 Å². The molecule has 1 unspecified atom stereocenters. The minimum absolute atomic E-state index is 0.0724.